The van der Waals surface area contributed by atoms with Gasteiger partial charge in [-0.05, 0) is 31.6 Å². The Balaban J connectivity index is 2.14. The van der Waals surface area contributed by atoms with Crippen molar-refractivity contribution < 1.29 is 9.13 Å². The summed E-state index contributed by atoms with van der Waals surface area (Å²) < 4.78 is 21.6. The smallest absolute Gasteiger partial charge is 0.178 e. The predicted octanol–water partition coefficient (Wildman–Crippen LogP) is 4.09. The molecule has 0 saturated carbocycles. The molecule has 1 aromatic heterocycles. The molecule has 0 amide bonds. The van der Waals surface area contributed by atoms with Crippen LogP contribution in [-0.2, 0) is 4.74 Å². The van der Waals surface area contributed by atoms with Crippen LogP contribution in [0.25, 0.3) is 11.0 Å². The van der Waals surface area contributed by atoms with Gasteiger partial charge in [0.25, 0.3) is 0 Å². The molecule has 2 aromatic rings. The molecule has 0 bridgehead atoms. The summed E-state index contributed by atoms with van der Waals surface area (Å²) in [4.78, 5) is 3.09. The van der Waals surface area contributed by atoms with Gasteiger partial charge in [-0.25, -0.2) is 4.39 Å². The molecule has 1 saturated heterocycles. The van der Waals surface area contributed by atoms with E-state index in [0.717, 1.165) is 30.7 Å². The normalized spacial score (nSPS) is 21.1. The van der Waals surface area contributed by atoms with Gasteiger partial charge in [0, 0.05) is 24.6 Å². The van der Waals surface area contributed by atoms with Crippen LogP contribution in [0.15, 0.2) is 12.1 Å². The molecule has 2 heterocycles. The number of aromatic nitrogens is 2. The van der Waals surface area contributed by atoms with Gasteiger partial charge in [0.1, 0.15) is 5.82 Å². The van der Waals surface area contributed by atoms with Crippen LogP contribution in [0.1, 0.15) is 19.4 Å². The van der Waals surface area contributed by atoms with E-state index in [9.17, 15) is 4.39 Å². The lowest BCUT2D eigenvalue weighted by Crippen LogP contribution is -2.16. The summed E-state index contributed by atoms with van der Waals surface area (Å²) >= 11 is 11.1. The second-order valence-electron chi connectivity index (χ2n) is 4.95. The van der Waals surface area contributed by atoms with Crippen LogP contribution in [0, 0.1) is 16.5 Å². The number of imidazole rings is 1. The van der Waals surface area contributed by atoms with Gasteiger partial charge >= 0.3 is 0 Å². The SMILES string of the molecule is CC(C1CCOC1)n1c(=S)[nH]c2cc(Cl)c(F)cc21. The minimum Gasteiger partial charge on any atom is -0.381 e. The highest BCUT2D eigenvalue weighted by molar-refractivity contribution is 7.71. The fourth-order valence-corrected chi connectivity index (χ4v) is 3.21. The van der Waals surface area contributed by atoms with Gasteiger partial charge in [-0.15, -0.1) is 0 Å². The lowest BCUT2D eigenvalue weighted by Gasteiger charge is -2.20. The summed E-state index contributed by atoms with van der Waals surface area (Å²) in [7, 11) is 0. The molecule has 1 N–H and O–H groups in total. The number of ether oxygens (including phenoxy) is 1. The van der Waals surface area contributed by atoms with Crippen LogP contribution in [-0.4, -0.2) is 22.8 Å². The van der Waals surface area contributed by atoms with Crippen molar-refractivity contribution in [3.05, 3.63) is 27.7 Å². The fraction of sp³-hybridized carbons (Fsp3) is 0.462. The molecule has 1 fully saturated rings. The minimum absolute atomic E-state index is 0.104. The third kappa shape index (κ3) is 2.20. The number of H-pyrrole nitrogens is 1. The Morgan fingerprint density at radius 3 is 3.05 bits per heavy atom. The van der Waals surface area contributed by atoms with E-state index in [4.69, 9.17) is 28.6 Å². The molecule has 1 aliphatic heterocycles. The number of halogens is 2. The number of hydrogen-bond donors (Lipinski definition) is 1. The predicted molar refractivity (Wildman–Crippen MR) is 75.7 cm³/mol. The molecule has 6 heteroatoms. The van der Waals surface area contributed by atoms with E-state index in [2.05, 4.69) is 11.9 Å². The van der Waals surface area contributed by atoms with E-state index < -0.39 is 5.82 Å². The molecule has 3 rings (SSSR count). The molecule has 19 heavy (non-hydrogen) atoms. The summed E-state index contributed by atoms with van der Waals surface area (Å²) in [6.45, 7) is 3.60. The number of benzene rings is 1. The summed E-state index contributed by atoms with van der Waals surface area (Å²) in [5.41, 5.74) is 1.52. The standard InChI is InChI=1S/C13H14ClFN2OS/c1-7(8-2-3-18-6-8)17-12-5-10(15)9(14)4-11(12)16-13(17)19/h4-5,7-8H,2-3,6H2,1H3,(H,16,19). The third-order valence-corrected chi connectivity index (χ3v) is 4.40. The Morgan fingerprint density at radius 1 is 1.58 bits per heavy atom. The first-order valence-corrected chi connectivity index (χ1v) is 7.03. The Labute approximate surface area is 120 Å². The number of aromatic amines is 1. The first-order chi connectivity index (χ1) is 9.08. The summed E-state index contributed by atoms with van der Waals surface area (Å²) in [6, 6.07) is 3.19. The highest BCUT2D eigenvalue weighted by atomic mass is 35.5. The number of nitrogens with one attached hydrogen (secondary N) is 1. The molecular formula is C13H14ClFN2OS. The highest BCUT2D eigenvalue weighted by Crippen LogP contribution is 2.31. The van der Waals surface area contributed by atoms with Gasteiger partial charge in [0.15, 0.2) is 4.77 Å². The van der Waals surface area contributed by atoms with Crippen molar-refractivity contribution in [1.82, 2.24) is 9.55 Å². The maximum Gasteiger partial charge on any atom is 0.178 e. The largest absolute Gasteiger partial charge is 0.381 e. The molecule has 1 aliphatic rings. The molecule has 0 spiro atoms. The molecule has 2 unspecified atom stereocenters. The van der Waals surface area contributed by atoms with Crippen LogP contribution >= 0.6 is 23.8 Å². The zero-order chi connectivity index (χ0) is 13.6. The van der Waals surface area contributed by atoms with Gasteiger partial charge < -0.3 is 14.3 Å². The van der Waals surface area contributed by atoms with Crippen LogP contribution in [0.5, 0.6) is 0 Å². The second kappa shape index (κ2) is 4.89. The molecular weight excluding hydrogens is 287 g/mol. The number of nitrogens with zero attached hydrogens (tertiary/aromatic N) is 1. The number of hydrogen-bond acceptors (Lipinski definition) is 2. The summed E-state index contributed by atoms with van der Waals surface area (Å²) in [6.07, 6.45) is 1.01. The Morgan fingerprint density at radius 2 is 2.37 bits per heavy atom. The van der Waals surface area contributed by atoms with Gasteiger partial charge in [-0.1, -0.05) is 11.6 Å². The number of fused-ring (bicyclic) bond motifs is 1. The average molecular weight is 301 g/mol. The molecule has 1 aromatic carbocycles. The monoisotopic (exact) mass is 300 g/mol. The topological polar surface area (TPSA) is 29.9 Å². The van der Waals surface area contributed by atoms with Crippen molar-refractivity contribution in [3.8, 4) is 0 Å². The van der Waals surface area contributed by atoms with Gasteiger partial charge in [-0.3, -0.25) is 0 Å². The van der Waals surface area contributed by atoms with E-state index in [0.29, 0.717) is 10.7 Å². The first kappa shape index (κ1) is 13.1. The molecule has 3 nitrogen and oxygen atoms in total. The van der Waals surface area contributed by atoms with Crippen molar-refractivity contribution >= 4 is 34.9 Å². The van der Waals surface area contributed by atoms with Crippen LogP contribution in [0.4, 0.5) is 4.39 Å². The van der Waals surface area contributed by atoms with Crippen LogP contribution in [0.3, 0.4) is 0 Å². The molecule has 102 valence electrons. The van der Waals surface area contributed by atoms with E-state index in [1.807, 2.05) is 4.57 Å². The van der Waals surface area contributed by atoms with Gasteiger partial charge in [-0.2, -0.15) is 0 Å². The lowest BCUT2D eigenvalue weighted by atomic mass is 10.0. The van der Waals surface area contributed by atoms with Gasteiger partial charge in [0.2, 0.25) is 0 Å². The minimum atomic E-state index is -0.424. The van der Waals surface area contributed by atoms with E-state index in [1.54, 1.807) is 6.07 Å². The van der Waals surface area contributed by atoms with E-state index in [1.165, 1.54) is 6.07 Å². The summed E-state index contributed by atoms with van der Waals surface area (Å²) in [5.74, 6) is -0.0174. The molecule has 2 atom stereocenters. The number of rotatable bonds is 2. The van der Waals surface area contributed by atoms with Crippen LogP contribution < -0.4 is 0 Å². The first-order valence-electron chi connectivity index (χ1n) is 6.25. The van der Waals surface area contributed by atoms with Crippen molar-refractivity contribution in [3.63, 3.8) is 0 Å². The van der Waals surface area contributed by atoms with Crippen LogP contribution in [0.2, 0.25) is 5.02 Å². The van der Waals surface area contributed by atoms with E-state index in [-0.39, 0.29) is 11.1 Å². The Hall–Kier alpha value is -0.910. The quantitative estimate of drug-likeness (QED) is 0.847. The van der Waals surface area contributed by atoms with Crippen molar-refractivity contribution in [2.45, 2.75) is 19.4 Å². The maximum atomic E-state index is 13.7. The lowest BCUT2D eigenvalue weighted by molar-refractivity contribution is 0.175. The Kier molecular flexibility index (Phi) is 3.37. The van der Waals surface area contributed by atoms with E-state index >= 15 is 0 Å². The Bertz CT molecular complexity index is 675. The van der Waals surface area contributed by atoms with Gasteiger partial charge in [0.05, 0.1) is 22.7 Å². The zero-order valence-electron chi connectivity index (χ0n) is 10.5. The van der Waals surface area contributed by atoms with Crippen molar-refractivity contribution in [2.75, 3.05) is 13.2 Å². The second-order valence-corrected chi connectivity index (χ2v) is 5.74. The highest BCUT2D eigenvalue weighted by Gasteiger charge is 2.25. The van der Waals surface area contributed by atoms with Crippen molar-refractivity contribution in [2.24, 2.45) is 5.92 Å². The molecule has 0 aliphatic carbocycles. The van der Waals surface area contributed by atoms with Crippen molar-refractivity contribution in [1.29, 1.82) is 0 Å². The maximum absolute atomic E-state index is 13.7. The summed E-state index contributed by atoms with van der Waals surface area (Å²) in [5, 5.41) is 0.104. The fourth-order valence-electron chi connectivity index (χ4n) is 2.67. The average Bonchev–Trinajstić information content (AvgIpc) is 2.97. The third-order valence-electron chi connectivity index (χ3n) is 3.81. The molecule has 0 radical (unpaired) electrons. The zero-order valence-corrected chi connectivity index (χ0v) is 12.0.